The van der Waals surface area contributed by atoms with Crippen molar-refractivity contribution in [1.82, 2.24) is 0 Å². The summed E-state index contributed by atoms with van der Waals surface area (Å²) >= 11 is 0. The van der Waals surface area contributed by atoms with Crippen LogP contribution in [0.4, 0.5) is 11.4 Å². The Kier molecular flexibility index (Phi) is 4.38. The van der Waals surface area contributed by atoms with Gasteiger partial charge in [-0.05, 0) is 42.8 Å². The van der Waals surface area contributed by atoms with Crippen molar-refractivity contribution in [1.29, 1.82) is 5.26 Å². The van der Waals surface area contributed by atoms with Gasteiger partial charge < -0.3 is 20.1 Å². The van der Waals surface area contributed by atoms with E-state index in [0.29, 0.717) is 48.1 Å². The van der Waals surface area contributed by atoms with Gasteiger partial charge in [0.05, 0.1) is 23.5 Å². The van der Waals surface area contributed by atoms with Gasteiger partial charge in [0.15, 0.2) is 11.5 Å². The highest BCUT2D eigenvalue weighted by atomic mass is 16.6. The van der Waals surface area contributed by atoms with Gasteiger partial charge in [0.2, 0.25) is 11.8 Å². The molecule has 136 valence electrons. The quantitative estimate of drug-likeness (QED) is 0.869. The average molecular weight is 363 g/mol. The number of hydrogen-bond acceptors (Lipinski definition) is 5. The van der Waals surface area contributed by atoms with Crippen molar-refractivity contribution in [2.24, 2.45) is 11.8 Å². The van der Waals surface area contributed by atoms with Crippen LogP contribution >= 0.6 is 0 Å². The molecule has 0 aromatic heterocycles. The molecule has 2 atom stereocenters. The fourth-order valence-corrected chi connectivity index (χ4v) is 2.99. The zero-order chi connectivity index (χ0) is 18.8. The summed E-state index contributed by atoms with van der Waals surface area (Å²) in [6.07, 6.45) is 0.512. The monoisotopic (exact) mass is 363 g/mol. The van der Waals surface area contributed by atoms with Gasteiger partial charge in [0, 0.05) is 17.4 Å². The lowest BCUT2D eigenvalue weighted by molar-refractivity contribution is -0.122. The molecule has 7 nitrogen and oxygen atoms in total. The van der Waals surface area contributed by atoms with Crippen LogP contribution in [-0.2, 0) is 9.59 Å². The van der Waals surface area contributed by atoms with Gasteiger partial charge in [-0.15, -0.1) is 0 Å². The number of ether oxygens (including phenoxy) is 2. The van der Waals surface area contributed by atoms with Gasteiger partial charge in [-0.1, -0.05) is 0 Å². The third-order valence-electron chi connectivity index (χ3n) is 4.56. The third kappa shape index (κ3) is 3.70. The minimum atomic E-state index is -0.350. The maximum Gasteiger partial charge on any atom is 0.228 e. The van der Waals surface area contributed by atoms with Crippen LogP contribution in [-0.4, -0.2) is 25.0 Å². The first-order chi connectivity index (χ1) is 13.1. The summed E-state index contributed by atoms with van der Waals surface area (Å²) in [4.78, 5) is 24.7. The first kappa shape index (κ1) is 16.9. The van der Waals surface area contributed by atoms with Gasteiger partial charge in [-0.3, -0.25) is 9.59 Å². The molecule has 0 radical (unpaired) electrons. The van der Waals surface area contributed by atoms with Gasteiger partial charge >= 0.3 is 0 Å². The van der Waals surface area contributed by atoms with Crippen molar-refractivity contribution < 1.29 is 19.1 Å². The van der Waals surface area contributed by atoms with Crippen LogP contribution < -0.4 is 20.1 Å². The van der Waals surface area contributed by atoms with Crippen molar-refractivity contribution >= 4 is 23.2 Å². The molecule has 2 aromatic carbocycles. The van der Waals surface area contributed by atoms with Crippen molar-refractivity contribution in [3.8, 4) is 17.6 Å². The fourth-order valence-electron chi connectivity index (χ4n) is 2.99. The van der Waals surface area contributed by atoms with Gasteiger partial charge in [-0.2, -0.15) is 5.26 Å². The Morgan fingerprint density at radius 1 is 0.889 bits per heavy atom. The summed E-state index contributed by atoms with van der Waals surface area (Å²) in [5.41, 5.74) is 1.75. The normalized spacial score (nSPS) is 19.5. The maximum atomic E-state index is 12.4. The molecule has 2 unspecified atom stereocenters. The van der Waals surface area contributed by atoms with Gasteiger partial charge in [0.25, 0.3) is 0 Å². The topological polar surface area (TPSA) is 100 Å². The molecule has 2 aromatic rings. The molecular formula is C20H17N3O4. The van der Waals surface area contributed by atoms with E-state index in [1.54, 1.807) is 42.5 Å². The number of nitrogens with zero attached hydrogens (tertiary/aromatic N) is 1. The summed E-state index contributed by atoms with van der Waals surface area (Å²) < 4.78 is 11.0. The smallest absolute Gasteiger partial charge is 0.228 e. The zero-order valence-electron chi connectivity index (χ0n) is 14.4. The van der Waals surface area contributed by atoms with E-state index in [1.807, 2.05) is 6.07 Å². The highest BCUT2D eigenvalue weighted by Gasteiger charge is 2.48. The highest BCUT2D eigenvalue weighted by Crippen LogP contribution is 2.41. The molecule has 0 saturated heterocycles. The Labute approximate surface area is 155 Å². The van der Waals surface area contributed by atoms with E-state index in [2.05, 4.69) is 10.6 Å². The molecule has 27 heavy (non-hydrogen) atoms. The van der Waals surface area contributed by atoms with Crippen LogP contribution in [0.3, 0.4) is 0 Å². The SMILES string of the molecule is N#Cc1ccc(NC(=O)C2CC2C(=O)Nc2ccc3c(c2)OCCO3)cc1. The number of hydrogen-bond donors (Lipinski definition) is 2. The number of benzene rings is 2. The number of carbonyl (C=O) groups is 2. The van der Waals surface area contributed by atoms with Gasteiger partial charge in [0.1, 0.15) is 13.2 Å². The molecule has 2 aliphatic rings. The number of amides is 2. The first-order valence-corrected chi connectivity index (χ1v) is 8.65. The van der Waals surface area contributed by atoms with E-state index in [0.717, 1.165) is 0 Å². The molecule has 2 N–H and O–H groups in total. The Hall–Kier alpha value is -3.53. The average Bonchev–Trinajstić information content (AvgIpc) is 3.50. The minimum Gasteiger partial charge on any atom is -0.486 e. The summed E-state index contributed by atoms with van der Waals surface area (Å²) in [6, 6.07) is 13.9. The number of nitrogens with one attached hydrogen (secondary N) is 2. The zero-order valence-corrected chi connectivity index (χ0v) is 14.4. The molecule has 4 rings (SSSR count). The second-order valence-electron chi connectivity index (χ2n) is 6.47. The lowest BCUT2D eigenvalue weighted by atomic mass is 10.2. The van der Waals surface area contributed by atoms with E-state index in [4.69, 9.17) is 14.7 Å². The maximum absolute atomic E-state index is 12.4. The number of carbonyl (C=O) groups excluding carboxylic acids is 2. The van der Waals surface area contributed by atoms with Crippen LogP contribution in [0.1, 0.15) is 12.0 Å². The van der Waals surface area contributed by atoms with Crippen LogP contribution in [0.25, 0.3) is 0 Å². The summed E-state index contributed by atoms with van der Waals surface area (Å²) in [6.45, 7) is 0.988. The Morgan fingerprint density at radius 2 is 1.48 bits per heavy atom. The number of nitriles is 1. The molecule has 0 bridgehead atoms. The lowest BCUT2D eigenvalue weighted by Crippen LogP contribution is -2.21. The molecule has 7 heteroatoms. The molecule has 1 aliphatic carbocycles. The molecule has 1 saturated carbocycles. The molecular weight excluding hydrogens is 346 g/mol. The highest BCUT2D eigenvalue weighted by molar-refractivity contribution is 6.03. The van der Waals surface area contributed by atoms with Crippen LogP contribution in [0.15, 0.2) is 42.5 Å². The van der Waals surface area contributed by atoms with E-state index in [1.165, 1.54) is 0 Å². The van der Waals surface area contributed by atoms with E-state index in [-0.39, 0.29) is 23.7 Å². The second kappa shape index (κ2) is 7.00. The van der Waals surface area contributed by atoms with E-state index in [9.17, 15) is 9.59 Å². The van der Waals surface area contributed by atoms with Crippen LogP contribution in [0.2, 0.25) is 0 Å². The Morgan fingerprint density at radius 3 is 2.15 bits per heavy atom. The fraction of sp³-hybridized carbons (Fsp3) is 0.250. The van der Waals surface area contributed by atoms with Crippen LogP contribution in [0, 0.1) is 23.2 Å². The van der Waals surface area contributed by atoms with E-state index < -0.39 is 0 Å². The van der Waals surface area contributed by atoms with E-state index >= 15 is 0 Å². The van der Waals surface area contributed by atoms with Gasteiger partial charge in [-0.25, -0.2) is 0 Å². The van der Waals surface area contributed by atoms with Crippen molar-refractivity contribution in [3.63, 3.8) is 0 Å². The number of rotatable bonds is 4. The Bertz CT molecular complexity index is 933. The minimum absolute atomic E-state index is 0.188. The third-order valence-corrected chi connectivity index (χ3v) is 4.56. The largest absolute Gasteiger partial charge is 0.486 e. The predicted molar refractivity (Wildman–Crippen MR) is 97.4 cm³/mol. The van der Waals surface area contributed by atoms with Crippen molar-refractivity contribution in [2.75, 3.05) is 23.8 Å². The second-order valence-corrected chi connectivity index (χ2v) is 6.47. The molecule has 1 fully saturated rings. The summed E-state index contributed by atoms with van der Waals surface area (Å²) in [5, 5.41) is 14.4. The standard InChI is InChI=1S/C20H17N3O4/c21-11-12-1-3-13(4-2-12)22-19(24)15-10-16(15)20(25)23-14-5-6-17-18(9-14)27-8-7-26-17/h1-6,9,15-16H,7-8,10H2,(H,22,24)(H,23,25). The summed E-state index contributed by atoms with van der Waals surface area (Å²) in [7, 11) is 0. The molecule has 1 aliphatic heterocycles. The number of anilines is 2. The summed E-state index contributed by atoms with van der Waals surface area (Å²) in [5.74, 6) is 0.179. The van der Waals surface area contributed by atoms with Crippen LogP contribution in [0.5, 0.6) is 11.5 Å². The lowest BCUT2D eigenvalue weighted by Gasteiger charge is -2.19. The Balaban J connectivity index is 1.33. The number of fused-ring (bicyclic) bond motifs is 1. The first-order valence-electron chi connectivity index (χ1n) is 8.65. The van der Waals surface area contributed by atoms with Crippen molar-refractivity contribution in [3.05, 3.63) is 48.0 Å². The molecule has 2 amide bonds. The molecule has 0 spiro atoms. The van der Waals surface area contributed by atoms with Crippen molar-refractivity contribution in [2.45, 2.75) is 6.42 Å². The molecule has 1 heterocycles. The predicted octanol–water partition coefficient (Wildman–Crippen LogP) is 2.54.